The lowest BCUT2D eigenvalue weighted by Gasteiger charge is -2.11. The lowest BCUT2D eigenvalue weighted by atomic mass is 10.0. The van der Waals surface area contributed by atoms with Gasteiger partial charge in [-0.1, -0.05) is 23.4 Å². The van der Waals surface area contributed by atoms with Crippen LogP contribution in [0.5, 0.6) is 17.2 Å². The minimum Gasteiger partial charge on any atom is -0.496 e. The molecule has 0 spiro atoms. The Labute approximate surface area is 164 Å². The Morgan fingerprint density at radius 2 is 1.82 bits per heavy atom. The number of hydrogen-bond acceptors (Lipinski definition) is 6. The molecule has 0 bridgehead atoms. The second-order valence-electron chi connectivity index (χ2n) is 6.27. The Morgan fingerprint density at radius 1 is 1.07 bits per heavy atom. The first-order valence-electron chi connectivity index (χ1n) is 9.01. The average Bonchev–Trinajstić information content (AvgIpc) is 3.23. The molecule has 2 aromatic rings. The molecular formula is C21H24N2O5. The zero-order valence-electron chi connectivity index (χ0n) is 16.2. The van der Waals surface area contributed by atoms with Crippen LogP contribution in [0.2, 0.25) is 0 Å². The second kappa shape index (κ2) is 9.12. The molecule has 7 nitrogen and oxygen atoms in total. The largest absolute Gasteiger partial charge is 0.496 e. The summed E-state index contributed by atoms with van der Waals surface area (Å²) in [7, 11) is 4.80. The Kier molecular flexibility index (Phi) is 6.37. The van der Waals surface area contributed by atoms with Crippen molar-refractivity contribution in [1.82, 2.24) is 5.32 Å². The highest BCUT2D eigenvalue weighted by molar-refractivity contribution is 6.05. The summed E-state index contributed by atoms with van der Waals surface area (Å²) in [6, 6.07) is 13.2. The van der Waals surface area contributed by atoms with Crippen molar-refractivity contribution in [2.24, 2.45) is 5.16 Å². The fourth-order valence-corrected chi connectivity index (χ4v) is 3.04. The number of hydrogen-bond donors (Lipinski definition) is 1. The van der Waals surface area contributed by atoms with Crippen LogP contribution >= 0.6 is 0 Å². The van der Waals surface area contributed by atoms with Gasteiger partial charge in [0.05, 0.1) is 27.0 Å². The Morgan fingerprint density at radius 3 is 2.57 bits per heavy atom. The predicted octanol–water partition coefficient (Wildman–Crippen LogP) is 2.56. The van der Waals surface area contributed by atoms with E-state index < -0.39 is 6.10 Å². The topological polar surface area (TPSA) is 78.4 Å². The molecule has 28 heavy (non-hydrogen) atoms. The van der Waals surface area contributed by atoms with Crippen molar-refractivity contribution < 1.29 is 23.8 Å². The summed E-state index contributed by atoms with van der Waals surface area (Å²) >= 11 is 0. The van der Waals surface area contributed by atoms with Crippen molar-refractivity contribution in [2.75, 3.05) is 27.9 Å². The molecule has 7 heteroatoms. The van der Waals surface area contributed by atoms with E-state index in [1.54, 1.807) is 21.3 Å². The van der Waals surface area contributed by atoms with Crippen molar-refractivity contribution in [3.05, 3.63) is 53.6 Å². The number of ether oxygens (including phenoxy) is 3. The van der Waals surface area contributed by atoms with Crippen LogP contribution in [-0.4, -0.2) is 45.6 Å². The molecule has 1 amide bonds. The van der Waals surface area contributed by atoms with E-state index in [-0.39, 0.29) is 5.91 Å². The van der Waals surface area contributed by atoms with Gasteiger partial charge in [-0.3, -0.25) is 4.79 Å². The van der Waals surface area contributed by atoms with Crippen LogP contribution in [0.25, 0.3) is 0 Å². The fraction of sp³-hybridized carbons (Fsp3) is 0.333. The van der Waals surface area contributed by atoms with Crippen molar-refractivity contribution >= 4 is 11.6 Å². The van der Waals surface area contributed by atoms with Gasteiger partial charge in [-0.25, -0.2) is 0 Å². The van der Waals surface area contributed by atoms with Crippen LogP contribution in [0, 0.1) is 0 Å². The van der Waals surface area contributed by atoms with Crippen LogP contribution in [0.1, 0.15) is 17.5 Å². The lowest BCUT2D eigenvalue weighted by Crippen LogP contribution is -2.36. The van der Waals surface area contributed by atoms with Crippen LogP contribution in [0.15, 0.2) is 47.6 Å². The number of oxime groups is 1. The normalized spacial score (nSPS) is 15.4. The standard InChI is InChI=1S/C21H24N2O5/c1-25-17-7-5-4-6-15(17)16-13-20(28-23-16)21(24)22-11-10-14-8-9-18(26-2)19(12-14)27-3/h4-9,12,20H,10-11,13H2,1-3H3,(H,22,24). The number of nitrogens with zero attached hydrogens (tertiary/aromatic N) is 1. The summed E-state index contributed by atoms with van der Waals surface area (Å²) in [4.78, 5) is 17.7. The van der Waals surface area contributed by atoms with Crippen LogP contribution in [0.3, 0.4) is 0 Å². The molecule has 3 rings (SSSR count). The second-order valence-corrected chi connectivity index (χ2v) is 6.27. The first-order chi connectivity index (χ1) is 13.7. The molecule has 0 aliphatic carbocycles. The summed E-state index contributed by atoms with van der Waals surface area (Å²) in [5.74, 6) is 1.87. The molecule has 0 saturated heterocycles. The van der Waals surface area contributed by atoms with Gasteiger partial charge in [0.15, 0.2) is 11.5 Å². The molecule has 1 heterocycles. The number of rotatable bonds is 8. The highest BCUT2D eigenvalue weighted by Gasteiger charge is 2.29. The summed E-state index contributed by atoms with van der Waals surface area (Å²) < 4.78 is 15.9. The Balaban J connectivity index is 1.51. The van der Waals surface area contributed by atoms with Gasteiger partial charge in [-0.05, 0) is 36.2 Å². The number of carbonyl (C=O) groups is 1. The van der Waals surface area contributed by atoms with E-state index >= 15 is 0 Å². The monoisotopic (exact) mass is 384 g/mol. The van der Waals surface area contributed by atoms with Gasteiger partial charge in [0.25, 0.3) is 5.91 Å². The van der Waals surface area contributed by atoms with Gasteiger partial charge >= 0.3 is 0 Å². The number of amides is 1. The third kappa shape index (κ3) is 4.36. The molecule has 1 unspecified atom stereocenters. The average molecular weight is 384 g/mol. The third-order valence-corrected chi connectivity index (χ3v) is 4.54. The third-order valence-electron chi connectivity index (χ3n) is 4.54. The van der Waals surface area contributed by atoms with E-state index in [4.69, 9.17) is 19.0 Å². The molecule has 1 aliphatic rings. The molecule has 0 saturated carbocycles. The molecule has 0 fully saturated rings. The van der Waals surface area contributed by atoms with Crippen LogP contribution < -0.4 is 19.5 Å². The summed E-state index contributed by atoms with van der Waals surface area (Å²) in [6.07, 6.45) is 0.437. The van der Waals surface area contributed by atoms with Crippen molar-refractivity contribution in [2.45, 2.75) is 18.9 Å². The van der Waals surface area contributed by atoms with E-state index in [0.717, 1.165) is 11.1 Å². The van der Waals surface area contributed by atoms with Gasteiger partial charge in [0.2, 0.25) is 6.10 Å². The SMILES string of the molecule is COc1ccc(CCNC(=O)C2CC(c3ccccc3OC)=NO2)cc1OC. The molecule has 1 N–H and O–H groups in total. The van der Waals surface area contributed by atoms with Gasteiger partial charge < -0.3 is 24.4 Å². The number of para-hydroxylation sites is 1. The molecule has 1 aliphatic heterocycles. The maximum atomic E-state index is 12.4. The molecule has 1 atom stereocenters. The minimum atomic E-state index is -0.634. The number of carbonyl (C=O) groups excluding carboxylic acids is 1. The van der Waals surface area contributed by atoms with E-state index in [9.17, 15) is 4.79 Å². The highest BCUT2D eigenvalue weighted by Crippen LogP contribution is 2.28. The zero-order valence-corrected chi connectivity index (χ0v) is 16.2. The maximum absolute atomic E-state index is 12.4. The lowest BCUT2D eigenvalue weighted by molar-refractivity contribution is -0.131. The summed E-state index contributed by atoms with van der Waals surface area (Å²) in [5, 5.41) is 6.97. The van der Waals surface area contributed by atoms with E-state index in [0.29, 0.717) is 42.3 Å². The molecule has 0 radical (unpaired) electrons. The molecule has 148 valence electrons. The quantitative estimate of drug-likeness (QED) is 0.757. The predicted molar refractivity (Wildman–Crippen MR) is 105 cm³/mol. The van der Waals surface area contributed by atoms with Crippen molar-refractivity contribution in [1.29, 1.82) is 0 Å². The van der Waals surface area contributed by atoms with Crippen LogP contribution in [-0.2, 0) is 16.1 Å². The fourth-order valence-electron chi connectivity index (χ4n) is 3.04. The smallest absolute Gasteiger partial charge is 0.264 e. The van der Waals surface area contributed by atoms with Gasteiger partial charge in [0.1, 0.15) is 5.75 Å². The molecule has 0 aromatic heterocycles. The van der Waals surface area contributed by atoms with Gasteiger partial charge in [-0.15, -0.1) is 0 Å². The summed E-state index contributed by atoms with van der Waals surface area (Å²) in [6.45, 7) is 0.484. The van der Waals surface area contributed by atoms with E-state index in [2.05, 4.69) is 10.5 Å². The zero-order chi connectivity index (χ0) is 19.9. The van der Waals surface area contributed by atoms with Crippen LogP contribution in [0.4, 0.5) is 0 Å². The van der Waals surface area contributed by atoms with Crippen molar-refractivity contribution in [3.63, 3.8) is 0 Å². The molecule has 2 aromatic carbocycles. The number of methoxy groups -OCH3 is 3. The van der Waals surface area contributed by atoms with E-state index in [1.165, 1.54) is 0 Å². The first-order valence-corrected chi connectivity index (χ1v) is 9.01. The number of nitrogens with one attached hydrogen (secondary N) is 1. The van der Waals surface area contributed by atoms with E-state index in [1.807, 2.05) is 42.5 Å². The maximum Gasteiger partial charge on any atom is 0.264 e. The van der Waals surface area contributed by atoms with Gasteiger partial charge in [-0.2, -0.15) is 0 Å². The van der Waals surface area contributed by atoms with Gasteiger partial charge in [0, 0.05) is 18.5 Å². The van der Waals surface area contributed by atoms with Crippen molar-refractivity contribution in [3.8, 4) is 17.2 Å². The minimum absolute atomic E-state index is 0.186. The first kappa shape index (κ1) is 19.5. The Hall–Kier alpha value is -3.22. The molecular weight excluding hydrogens is 360 g/mol. The Bertz CT molecular complexity index is 866. The number of benzene rings is 2. The highest BCUT2D eigenvalue weighted by atomic mass is 16.6. The summed E-state index contributed by atoms with van der Waals surface area (Å²) in [5.41, 5.74) is 2.58.